The maximum absolute atomic E-state index is 12.9. The zero-order valence-corrected chi connectivity index (χ0v) is 15.0. The van der Waals surface area contributed by atoms with Crippen LogP contribution in [0.3, 0.4) is 0 Å². The summed E-state index contributed by atoms with van der Waals surface area (Å²) >= 11 is 2.56. The standard InChI is InChI=1S/C17H16O6S2/c1-17(23)5-7-6(4-8(17)18)11(19)9-10(12(7)20)14(22)16-15(13(9)21)24-2-3-25-16/h8,18-20,23H,2-5H2,1H3/t8-,17+/m1/s1. The minimum absolute atomic E-state index is 0.107. The van der Waals surface area contributed by atoms with Crippen molar-refractivity contribution in [2.45, 2.75) is 31.5 Å². The fourth-order valence-electron chi connectivity index (χ4n) is 3.55. The quantitative estimate of drug-likeness (QED) is 0.499. The molecule has 0 bridgehead atoms. The maximum atomic E-state index is 12.9. The van der Waals surface area contributed by atoms with Crippen LogP contribution in [0.4, 0.5) is 0 Å². The fourth-order valence-corrected chi connectivity index (χ4v) is 5.89. The Morgan fingerprint density at radius 2 is 1.44 bits per heavy atom. The Morgan fingerprint density at radius 1 is 0.960 bits per heavy atom. The van der Waals surface area contributed by atoms with Gasteiger partial charge in [0, 0.05) is 35.5 Å². The van der Waals surface area contributed by atoms with Gasteiger partial charge in [0.2, 0.25) is 11.6 Å². The van der Waals surface area contributed by atoms with E-state index in [9.17, 15) is 30.0 Å². The number of phenols is 2. The first-order valence-electron chi connectivity index (χ1n) is 7.83. The first-order valence-corrected chi connectivity index (χ1v) is 9.80. The molecule has 1 heterocycles. The van der Waals surface area contributed by atoms with Crippen LogP contribution in [0, 0.1) is 0 Å². The number of aromatic hydroxyl groups is 2. The molecule has 3 aliphatic rings. The molecule has 6 nitrogen and oxygen atoms in total. The Kier molecular flexibility index (Phi) is 3.74. The van der Waals surface area contributed by atoms with Crippen LogP contribution < -0.4 is 0 Å². The number of hydrogen-bond donors (Lipinski definition) is 4. The second-order valence-corrected chi connectivity index (χ2v) is 8.88. The first-order chi connectivity index (χ1) is 11.7. The van der Waals surface area contributed by atoms with Gasteiger partial charge < -0.3 is 20.4 Å². The molecule has 1 aromatic rings. The molecule has 0 fully saturated rings. The number of phenolic OH excluding ortho intramolecular Hbond substituents is 2. The third kappa shape index (κ3) is 2.28. The summed E-state index contributed by atoms with van der Waals surface area (Å²) in [5.41, 5.74) is -1.45. The SMILES string of the molecule is C[C@]1(O)Cc2c(O)c3c(c(O)c2C[C@H]1O)C(=O)C1=C(SCCS1)C3=O. The van der Waals surface area contributed by atoms with E-state index in [-0.39, 0.29) is 46.6 Å². The van der Waals surface area contributed by atoms with Crippen molar-refractivity contribution in [3.8, 4) is 11.5 Å². The van der Waals surface area contributed by atoms with Crippen LogP contribution >= 0.6 is 23.5 Å². The Balaban J connectivity index is 1.99. The third-order valence-corrected chi connectivity index (χ3v) is 7.52. The molecule has 1 aliphatic heterocycles. The number of fused-ring (bicyclic) bond motifs is 2. The molecule has 25 heavy (non-hydrogen) atoms. The lowest BCUT2D eigenvalue weighted by molar-refractivity contribution is -0.0668. The summed E-state index contributed by atoms with van der Waals surface area (Å²) in [7, 11) is 0. The van der Waals surface area contributed by atoms with Gasteiger partial charge in [-0.2, -0.15) is 0 Å². The highest BCUT2D eigenvalue weighted by molar-refractivity contribution is 8.11. The molecule has 0 saturated carbocycles. The van der Waals surface area contributed by atoms with Crippen molar-refractivity contribution in [3.05, 3.63) is 32.1 Å². The molecule has 4 rings (SSSR count). The van der Waals surface area contributed by atoms with E-state index < -0.39 is 23.3 Å². The first kappa shape index (κ1) is 17.0. The van der Waals surface area contributed by atoms with Gasteiger partial charge in [0.1, 0.15) is 11.5 Å². The fraction of sp³-hybridized carbons (Fsp3) is 0.412. The van der Waals surface area contributed by atoms with Gasteiger partial charge in [0.15, 0.2) is 0 Å². The number of thioether (sulfide) groups is 2. The number of rotatable bonds is 0. The molecule has 0 spiro atoms. The molecule has 1 aromatic carbocycles. The van der Waals surface area contributed by atoms with Crippen molar-refractivity contribution in [2.24, 2.45) is 0 Å². The minimum atomic E-state index is -1.49. The molecule has 2 aliphatic carbocycles. The summed E-state index contributed by atoms with van der Waals surface area (Å²) < 4.78 is 0. The second kappa shape index (κ2) is 5.51. The molecule has 2 atom stereocenters. The number of ketones is 2. The molecule has 132 valence electrons. The van der Waals surface area contributed by atoms with Crippen molar-refractivity contribution >= 4 is 35.1 Å². The van der Waals surface area contributed by atoms with E-state index in [1.807, 2.05) is 0 Å². The van der Waals surface area contributed by atoms with Crippen molar-refractivity contribution in [2.75, 3.05) is 11.5 Å². The Hall–Kier alpha value is -1.48. The lowest BCUT2D eigenvalue weighted by Gasteiger charge is -2.37. The molecule has 0 amide bonds. The lowest BCUT2D eigenvalue weighted by Crippen LogP contribution is -2.46. The van der Waals surface area contributed by atoms with Crippen molar-refractivity contribution in [3.63, 3.8) is 0 Å². The summed E-state index contributed by atoms with van der Waals surface area (Å²) in [6.07, 6.45) is -1.37. The lowest BCUT2D eigenvalue weighted by atomic mass is 9.75. The van der Waals surface area contributed by atoms with Gasteiger partial charge >= 0.3 is 0 Å². The van der Waals surface area contributed by atoms with Gasteiger partial charge in [-0.05, 0) is 6.92 Å². The van der Waals surface area contributed by atoms with Crippen molar-refractivity contribution < 1.29 is 30.0 Å². The van der Waals surface area contributed by atoms with E-state index in [1.165, 1.54) is 30.4 Å². The summed E-state index contributed by atoms with van der Waals surface area (Å²) in [5.74, 6) is -0.310. The van der Waals surface area contributed by atoms with Gasteiger partial charge in [0.05, 0.1) is 32.6 Å². The minimum Gasteiger partial charge on any atom is -0.507 e. The van der Waals surface area contributed by atoms with E-state index in [4.69, 9.17) is 0 Å². The number of aliphatic hydroxyl groups is 2. The summed E-state index contributed by atoms with van der Waals surface area (Å²) in [5, 5.41) is 41.7. The van der Waals surface area contributed by atoms with Crippen LogP contribution in [0.2, 0.25) is 0 Å². The molecule has 0 unspecified atom stereocenters. The summed E-state index contributed by atoms with van der Waals surface area (Å²) in [6.45, 7) is 1.43. The van der Waals surface area contributed by atoms with Crippen LogP contribution in [0.1, 0.15) is 38.8 Å². The Labute approximate surface area is 151 Å². The van der Waals surface area contributed by atoms with Crippen LogP contribution in [-0.4, -0.2) is 55.2 Å². The van der Waals surface area contributed by atoms with Crippen molar-refractivity contribution in [1.29, 1.82) is 0 Å². The maximum Gasteiger partial charge on any atom is 0.205 e. The van der Waals surface area contributed by atoms with E-state index in [0.29, 0.717) is 21.3 Å². The average Bonchev–Trinajstić information content (AvgIpc) is 2.57. The molecule has 0 saturated heterocycles. The molecule has 4 N–H and O–H groups in total. The van der Waals surface area contributed by atoms with Crippen LogP contribution in [0.15, 0.2) is 9.81 Å². The number of carbonyl (C=O) groups excluding carboxylic acids is 2. The average molecular weight is 380 g/mol. The number of benzene rings is 1. The van der Waals surface area contributed by atoms with E-state index >= 15 is 0 Å². The topological polar surface area (TPSA) is 115 Å². The van der Waals surface area contributed by atoms with Crippen molar-refractivity contribution in [1.82, 2.24) is 0 Å². The molecular weight excluding hydrogens is 364 g/mol. The van der Waals surface area contributed by atoms with Crippen LogP contribution in [-0.2, 0) is 12.8 Å². The number of aliphatic hydroxyl groups excluding tert-OH is 1. The highest BCUT2D eigenvalue weighted by Crippen LogP contribution is 2.50. The van der Waals surface area contributed by atoms with E-state index in [0.717, 1.165) is 0 Å². The largest absolute Gasteiger partial charge is 0.507 e. The smallest absolute Gasteiger partial charge is 0.205 e. The van der Waals surface area contributed by atoms with Gasteiger partial charge in [0.25, 0.3) is 0 Å². The predicted octanol–water partition coefficient (Wildman–Crippen LogP) is 1.38. The molecule has 0 aromatic heterocycles. The monoisotopic (exact) mass is 380 g/mol. The Bertz CT molecular complexity index is 871. The number of Topliss-reactive ketones (excluding diaryl/α,β-unsaturated/α-hetero) is 2. The zero-order valence-electron chi connectivity index (χ0n) is 13.3. The van der Waals surface area contributed by atoms with Crippen LogP contribution in [0.25, 0.3) is 0 Å². The molecule has 0 radical (unpaired) electrons. The van der Waals surface area contributed by atoms with Crippen LogP contribution in [0.5, 0.6) is 11.5 Å². The third-order valence-electron chi connectivity index (χ3n) is 4.96. The number of hydrogen-bond acceptors (Lipinski definition) is 8. The number of allylic oxidation sites excluding steroid dienone is 2. The highest BCUT2D eigenvalue weighted by Gasteiger charge is 2.45. The van der Waals surface area contributed by atoms with Gasteiger partial charge in [-0.3, -0.25) is 9.59 Å². The normalized spacial score (nSPS) is 28.5. The predicted molar refractivity (Wildman–Crippen MR) is 94.4 cm³/mol. The van der Waals surface area contributed by atoms with E-state index in [1.54, 1.807) is 0 Å². The zero-order chi connectivity index (χ0) is 18.1. The molecule has 8 heteroatoms. The highest BCUT2D eigenvalue weighted by atomic mass is 32.2. The summed E-state index contributed by atoms with van der Waals surface area (Å²) in [4.78, 5) is 26.3. The second-order valence-electron chi connectivity index (χ2n) is 6.67. The molecular formula is C17H16O6S2. The number of carbonyl (C=O) groups is 2. The van der Waals surface area contributed by atoms with Gasteiger partial charge in [-0.15, -0.1) is 23.5 Å². The van der Waals surface area contributed by atoms with E-state index in [2.05, 4.69) is 0 Å². The van der Waals surface area contributed by atoms with Gasteiger partial charge in [-0.25, -0.2) is 0 Å². The van der Waals surface area contributed by atoms with Gasteiger partial charge in [-0.1, -0.05) is 0 Å². The Morgan fingerprint density at radius 3 is 1.96 bits per heavy atom. The summed E-state index contributed by atoms with van der Waals surface area (Å²) in [6, 6.07) is 0.